The molecule has 3 nitrogen and oxygen atoms in total. The van der Waals surface area contributed by atoms with Crippen LogP contribution in [0.4, 0.5) is 0 Å². The lowest BCUT2D eigenvalue weighted by molar-refractivity contribution is -0.0336. The van der Waals surface area contributed by atoms with Crippen LogP contribution in [0.5, 0.6) is 0 Å². The Labute approximate surface area is 107 Å². The van der Waals surface area contributed by atoms with E-state index in [0.717, 1.165) is 36.5 Å². The van der Waals surface area contributed by atoms with E-state index in [-0.39, 0.29) is 5.92 Å². The van der Waals surface area contributed by atoms with Crippen molar-refractivity contribution in [3.05, 3.63) is 47.4 Å². The van der Waals surface area contributed by atoms with Gasteiger partial charge in [0.15, 0.2) is 0 Å². The lowest BCUT2D eigenvalue weighted by Crippen LogP contribution is -2.34. The van der Waals surface area contributed by atoms with Crippen molar-refractivity contribution >= 4 is 0 Å². The molecule has 3 rings (SSSR count). The van der Waals surface area contributed by atoms with Crippen LogP contribution in [0.15, 0.2) is 41.9 Å². The van der Waals surface area contributed by atoms with Crippen LogP contribution in [0.25, 0.3) is 0 Å². The van der Waals surface area contributed by atoms with E-state index in [1.54, 1.807) is 7.11 Å². The van der Waals surface area contributed by atoms with Crippen molar-refractivity contribution in [2.45, 2.75) is 24.9 Å². The fraction of sp³-hybridized carbons (Fsp3) is 0.467. The highest BCUT2D eigenvalue weighted by Gasteiger charge is 2.50. The summed E-state index contributed by atoms with van der Waals surface area (Å²) >= 11 is 0. The van der Waals surface area contributed by atoms with Gasteiger partial charge < -0.3 is 14.6 Å². The predicted molar refractivity (Wildman–Crippen MR) is 67.7 cm³/mol. The Hall–Kier alpha value is -1.48. The van der Waals surface area contributed by atoms with Gasteiger partial charge in [0, 0.05) is 6.42 Å². The van der Waals surface area contributed by atoms with Crippen molar-refractivity contribution in [2.75, 3.05) is 13.7 Å². The molecule has 1 aliphatic heterocycles. The number of methoxy groups -OCH3 is 1. The molecule has 0 saturated carbocycles. The summed E-state index contributed by atoms with van der Waals surface area (Å²) in [6, 6.07) is 9.84. The first-order valence-electron chi connectivity index (χ1n) is 6.43. The lowest BCUT2D eigenvalue weighted by atomic mass is 9.79. The average molecular weight is 246 g/mol. The van der Waals surface area contributed by atoms with Gasteiger partial charge in [-0.25, -0.2) is 0 Å². The van der Waals surface area contributed by atoms with Gasteiger partial charge in [0.05, 0.1) is 19.6 Å². The molecule has 1 aromatic carbocycles. The van der Waals surface area contributed by atoms with Crippen LogP contribution in [-0.4, -0.2) is 18.8 Å². The molecule has 2 aliphatic rings. The zero-order valence-electron chi connectivity index (χ0n) is 10.6. The molecule has 3 heteroatoms. The SMILES string of the molecule is COC1=C2OCCC[C@H]2[C@@](O)(c2ccccc2)C1. The number of ether oxygens (including phenoxy) is 2. The second kappa shape index (κ2) is 4.32. The molecule has 96 valence electrons. The van der Waals surface area contributed by atoms with E-state index in [4.69, 9.17) is 9.47 Å². The first-order chi connectivity index (χ1) is 8.75. The van der Waals surface area contributed by atoms with Crippen molar-refractivity contribution < 1.29 is 14.6 Å². The fourth-order valence-corrected chi connectivity index (χ4v) is 3.09. The van der Waals surface area contributed by atoms with Crippen LogP contribution >= 0.6 is 0 Å². The van der Waals surface area contributed by atoms with E-state index in [1.165, 1.54) is 0 Å². The lowest BCUT2D eigenvalue weighted by Gasteiger charge is -2.34. The van der Waals surface area contributed by atoms with E-state index in [1.807, 2.05) is 30.3 Å². The highest BCUT2D eigenvalue weighted by Crippen LogP contribution is 2.51. The number of fused-ring (bicyclic) bond motifs is 1. The highest BCUT2D eigenvalue weighted by atomic mass is 16.5. The van der Waals surface area contributed by atoms with E-state index in [2.05, 4.69) is 0 Å². The first-order valence-corrected chi connectivity index (χ1v) is 6.43. The summed E-state index contributed by atoms with van der Waals surface area (Å²) in [5.74, 6) is 1.68. The van der Waals surface area contributed by atoms with Crippen LogP contribution in [0, 0.1) is 5.92 Å². The molecule has 1 aromatic rings. The van der Waals surface area contributed by atoms with Crippen LogP contribution in [0.2, 0.25) is 0 Å². The maximum Gasteiger partial charge on any atom is 0.140 e. The molecule has 0 radical (unpaired) electrons. The van der Waals surface area contributed by atoms with Gasteiger partial charge in [-0.1, -0.05) is 30.3 Å². The third-order valence-corrected chi connectivity index (χ3v) is 4.01. The first kappa shape index (κ1) is 11.6. The minimum Gasteiger partial charge on any atom is -0.497 e. The maximum absolute atomic E-state index is 11.1. The summed E-state index contributed by atoms with van der Waals surface area (Å²) in [6.07, 6.45) is 2.45. The van der Waals surface area contributed by atoms with E-state index in [9.17, 15) is 5.11 Å². The number of hydrogen-bond acceptors (Lipinski definition) is 3. The van der Waals surface area contributed by atoms with Crippen molar-refractivity contribution in [3.63, 3.8) is 0 Å². The molecule has 18 heavy (non-hydrogen) atoms. The summed E-state index contributed by atoms with van der Waals surface area (Å²) in [6.45, 7) is 0.726. The maximum atomic E-state index is 11.1. The molecule has 1 heterocycles. The molecule has 1 aliphatic carbocycles. The highest BCUT2D eigenvalue weighted by molar-refractivity contribution is 5.33. The minimum absolute atomic E-state index is 0.0311. The summed E-state index contributed by atoms with van der Waals surface area (Å²) in [7, 11) is 1.65. The zero-order chi connectivity index (χ0) is 12.6. The predicted octanol–water partition coefficient (Wildman–Crippen LogP) is 2.56. The van der Waals surface area contributed by atoms with Gasteiger partial charge in [0.1, 0.15) is 17.1 Å². The third kappa shape index (κ3) is 1.62. The van der Waals surface area contributed by atoms with Crippen LogP contribution < -0.4 is 0 Å². The van der Waals surface area contributed by atoms with Crippen LogP contribution in [-0.2, 0) is 15.1 Å². The quantitative estimate of drug-likeness (QED) is 0.871. The van der Waals surface area contributed by atoms with E-state index >= 15 is 0 Å². The summed E-state index contributed by atoms with van der Waals surface area (Å²) < 4.78 is 11.1. The molecule has 0 amide bonds. The van der Waals surface area contributed by atoms with Crippen molar-refractivity contribution in [1.29, 1.82) is 0 Å². The van der Waals surface area contributed by atoms with Gasteiger partial charge in [-0.3, -0.25) is 0 Å². The van der Waals surface area contributed by atoms with E-state index < -0.39 is 5.60 Å². The largest absolute Gasteiger partial charge is 0.497 e. The molecule has 1 saturated heterocycles. The molecular weight excluding hydrogens is 228 g/mol. The Morgan fingerprint density at radius 3 is 2.83 bits per heavy atom. The van der Waals surface area contributed by atoms with Gasteiger partial charge in [-0.15, -0.1) is 0 Å². The zero-order valence-corrected chi connectivity index (χ0v) is 10.6. The fourth-order valence-electron chi connectivity index (χ4n) is 3.09. The Balaban J connectivity index is 2.00. The molecule has 1 N–H and O–H groups in total. The Kier molecular flexibility index (Phi) is 2.78. The average Bonchev–Trinajstić information content (AvgIpc) is 2.75. The van der Waals surface area contributed by atoms with Crippen LogP contribution in [0.3, 0.4) is 0 Å². The molecular formula is C15H18O3. The molecule has 0 bridgehead atoms. The van der Waals surface area contributed by atoms with Crippen molar-refractivity contribution in [1.82, 2.24) is 0 Å². The second-order valence-corrected chi connectivity index (χ2v) is 5.00. The topological polar surface area (TPSA) is 38.7 Å². The molecule has 1 fully saturated rings. The number of rotatable bonds is 2. The van der Waals surface area contributed by atoms with Gasteiger partial charge >= 0.3 is 0 Å². The minimum atomic E-state index is -0.873. The molecule has 0 aromatic heterocycles. The molecule has 0 spiro atoms. The van der Waals surface area contributed by atoms with Crippen molar-refractivity contribution in [2.24, 2.45) is 5.92 Å². The number of aliphatic hydroxyl groups is 1. The van der Waals surface area contributed by atoms with E-state index in [0.29, 0.717) is 6.42 Å². The van der Waals surface area contributed by atoms with Gasteiger partial charge in [0.25, 0.3) is 0 Å². The second-order valence-electron chi connectivity index (χ2n) is 5.00. The molecule has 0 unspecified atom stereocenters. The summed E-state index contributed by atoms with van der Waals surface area (Å²) in [4.78, 5) is 0. The number of benzene rings is 1. The Morgan fingerprint density at radius 2 is 2.11 bits per heavy atom. The monoisotopic (exact) mass is 246 g/mol. The number of hydrogen-bond donors (Lipinski definition) is 1. The smallest absolute Gasteiger partial charge is 0.140 e. The van der Waals surface area contributed by atoms with Crippen LogP contribution in [0.1, 0.15) is 24.8 Å². The standard InChI is InChI=1S/C15H18O3/c1-17-13-10-15(16,11-6-3-2-4-7-11)12-8-5-9-18-14(12)13/h2-4,6-7,12,16H,5,8-10H2,1H3/t12-,15+/m1/s1. The Bertz CT molecular complexity index is 466. The van der Waals surface area contributed by atoms with Crippen molar-refractivity contribution in [3.8, 4) is 0 Å². The third-order valence-electron chi connectivity index (χ3n) is 4.01. The summed E-state index contributed by atoms with van der Waals surface area (Å²) in [5, 5.41) is 11.1. The summed E-state index contributed by atoms with van der Waals surface area (Å²) in [5.41, 5.74) is 0.0765. The van der Waals surface area contributed by atoms with Gasteiger partial charge in [0.2, 0.25) is 0 Å². The molecule has 2 atom stereocenters. The Morgan fingerprint density at radius 1 is 1.33 bits per heavy atom. The normalized spacial score (nSPS) is 30.9. The van der Waals surface area contributed by atoms with Gasteiger partial charge in [-0.2, -0.15) is 0 Å². The van der Waals surface area contributed by atoms with Gasteiger partial charge in [-0.05, 0) is 18.4 Å².